The predicted octanol–water partition coefficient (Wildman–Crippen LogP) is -0.424. The van der Waals surface area contributed by atoms with E-state index in [-0.39, 0.29) is 90.6 Å². The first-order valence-corrected chi connectivity index (χ1v) is 32.0. The minimum absolute atomic E-state index is 0. The van der Waals surface area contributed by atoms with E-state index in [9.17, 15) is 38.5 Å². The van der Waals surface area contributed by atoms with Crippen LogP contribution in [0.25, 0.3) is 0 Å². The van der Waals surface area contributed by atoms with Crippen LogP contribution in [0.1, 0.15) is 46.2 Å². The van der Waals surface area contributed by atoms with Crippen molar-refractivity contribution in [3.63, 3.8) is 0 Å². The molecule has 4 aromatic rings. The van der Waals surface area contributed by atoms with Crippen LogP contribution >= 0.6 is 22.6 Å². The maximum atomic E-state index is 13.1. The molecule has 5 rings (SSSR count). The van der Waals surface area contributed by atoms with Crippen molar-refractivity contribution in [3.8, 4) is 17.2 Å². The van der Waals surface area contributed by atoms with E-state index >= 15 is 0 Å². The average Bonchev–Trinajstić information content (AvgIpc) is 3.34. The van der Waals surface area contributed by atoms with Crippen molar-refractivity contribution in [1.29, 1.82) is 0 Å². The van der Waals surface area contributed by atoms with Crippen molar-refractivity contribution in [3.05, 3.63) is 94.3 Å². The molecule has 3 aromatic carbocycles. The molecule has 20 nitrogen and oxygen atoms in total. The third-order valence-electron chi connectivity index (χ3n) is 12.6. The number of ether oxygens (including phenoxy) is 3. The number of anilines is 1. The molecule has 1 N–H and O–H groups in total. The van der Waals surface area contributed by atoms with E-state index in [4.69, 9.17) is 14.2 Å². The van der Waals surface area contributed by atoms with E-state index in [1.807, 2.05) is 31.6 Å². The van der Waals surface area contributed by atoms with E-state index in [1.165, 1.54) is 28.5 Å². The number of hydrogen-bond acceptors (Lipinski definition) is 16. The fourth-order valence-corrected chi connectivity index (χ4v) is 14.7. The number of pyridine rings is 1. The van der Waals surface area contributed by atoms with Crippen LogP contribution in [0.2, 0.25) is 0 Å². The summed E-state index contributed by atoms with van der Waals surface area (Å²) in [7, 11) is -3.37. The third-order valence-corrected chi connectivity index (χ3v) is 20.2. The van der Waals surface area contributed by atoms with E-state index < -0.39 is 40.2 Å². The van der Waals surface area contributed by atoms with Crippen molar-refractivity contribution < 1.29 is 110 Å². The molecule has 27 heteroatoms. The molecule has 1 fully saturated rings. The zero-order valence-corrected chi connectivity index (χ0v) is 57.3. The van der Waals surface area contributed by atoms with Gasteiger partial charge in [0.05, 0.1) is 55.4 Å². The second kappa shape index (κ2) is 33.6. The number of sulfonamides is 3. The molecule has 0 spiro atoms. The number of carbonyl (C=O) groups is 1. The van der Waals surface area contributed by atoms with E-state index in [0.717, 1.165) is 47.5 Å². The van der Waals surface area contributed by atoms with Gasteiger partial charge in [-0.3, -0.25) is 14.0 Å². The molecule has 0 unspecified atom stereocenters. The molecule has 0 saturated carbocycles. The normalized spacial score (nSPS) is 13.1. The Labute approximate surface area is 518 Å². The number of aryl methyl sites for hydroxylation is 6. The summed E-state index contributed by atoms with van der Waals surface area (Å²) in [6.45, 7) is 14.2. The Kier molecular flexibility index (Phi) is 31.7. The first-order chi connectivity index (χ1) is 35.5. The van der Waals surface area contributed by atoms with Crippen LogP contribution in [0.3, 0.4) is 0 Å². The summed E-state index contributed by atoms with van der Waals surface area (Å²) >= 11 is 2.16. The van der Waals surface area contributed by atoms with Gasteiger partial charge in [0.15, 0.2) is 0 Å². The monoisotopic (exact) mass is 1400 g/mol. The van der Waals surface area contributed by atoms with Crippen molar-refractivity contribution >= 4 is 74.4 Å². The fourth-order valence-electron chi connectivity index (χ4n) is 8.55. The van der Waals surface area contributed by atoms with Crippen LogP contribution in [0.4, 0.5) is 5.69 Å². The number of halogens is 2. The summed E-state index contributed by atoms with van der Waals surface area (Å²) in [6, 6.07) is 14.3. The molecule has 1 aliphatic rings. The van der Waals surface area contributed by atoms with Crippen molar-refractivity contribution in [2.75, 3.05) is 124 Å². The number of likely N-dealkylation sites (N-methyl/N-ethyl adjacent to an activating group) is 3. The predicted molar refractivity (Wildman–Crippen MR) is 306 cm³/mol. The summed E-state index contributed by atoms with van der Waals surface area (Å²) in [4.78, 5) is 21.7. The SMILES string of the molecule is COc1cc(C)c(S(=O)(=O)N(C)CCI)c(C)c1.COc1cc(C)c(S(=O)(=O)N(C)CCNCC(=O)N(C)CC2CCN(c3ccncc3)CC2)c(C)c1.COc1cc(C)c(S(=O)(=O)N(C)CCOS(C)(=O)=O)c(C)c1.[I-].[Na+]. The van der Waals surface area contributed by atoms with E-state index in [0.29, 0.717) is 79.4 Å². The van der Waals surface area contributed by atoms with E-state index in [1.54, 1.807) is 111 Å². The topological polar surface area (TPSA) is 232 Å². The number of rotatable bonds is 23. The van der Waals surface area contributed by atoms with Crippen molar-refractivity contribution in [2.24, 2.45) is 5.92 Å². The van der Waals surface area contributed by atoms with Gasteiger partial charge in [0.25, 0.3) is 10.1 Å². The Morgan fingerprint density at radius 1 is 0.641 bits per heavy atom. The number of nitrogens with zero attached hydrogens (tertiary/aromatic N) is 6. The quantitative estimate of drug-likeness (QED) is 0.0327. The van der Waals surface area contributed by atoms with Gasteiger partial charge >= 0.3 is 29.6 Å². The maximum absolute atomic E-state index is 13.1. The second-order valence-electron chi connectivity index (χ2n) is 18.6. The Balaban J connectivity index is 0.000000623. The Hall–Kier alpha value is -2.46. The minimum atomic E-state index is -3.74. The summed E-state index contributed by atoms with van der Waals surface area (Å²) in [5.41, 5.74) is 5.05. The number of aromatic nitrogens is 1. The second-order valence-corrected chi connectivity index (χ2v) is 27.2. The van der Waals surface area contributed by atoms with Gasteiger partial charge in [-0.25, -0.2) is 29.6 Å². The molecule has 2 heterocycles. The van der Waals surface area contributed by atoms with E-state index in [2.05, 4.69) is 42.0 Å². The molecule has 1 aliphatic heterocycles. The van der Waals surface area contributed by atoms with Crippen LogP contribution in [0, 0.1) is 47.5 Å². The summed E-state index contributed by atoms with van der Waals surface area (Å²) in [6.07, 6.45) is 6.63. The van der Waals surface area contributed by atoms with Gasteiger partial charge in [-0.15, -0.1) is 0 Å². The van der Waals surface area contributed by atoms with Gasteiger partial charge in [0.1, 0.15) is 17.2 Å². The zero-order chi connectivity index (χ0) is 57.3. The molecule has 434 valence electrons. The molecular weight excluding hydrogens is 1320 g/mol. The van der Waals surface area contributed by atoms with Gasteiger partial charge < -0.3 is 53.3 Å². The molecule has 1 amide bonds. The molecule has 1 aromatic heterocycles. The smallest absolute Gasteiger partial charge is 1.00 e. The molecule has 0 bridgehead atoms. The van der Waals surface area contributed by atoms with Gasteiger partial charge in [-0.2, -0.15) is 17.0 Å². The molecular formula is C51H78I2N7NaO13S4. The number of nitrogens with one attached hydrogen (secondary N) is 1. The summed E-state index contributed by atoms with van der Waals surface area (Å²) in [5.74, 6) is 2.39. The molecule has 0 aliphatic carbocycles. The number of amides is 1. The summed E-state index contributed by atoms with van der Waals surface area (Å²) < 4.78 is 123. The maximum Gasteiger partial charge on any atom is 1.00 e. The van der Waals surface area contributed by atoms with Crippen LogP contribution in [-0.2, 0) is 49.2 Å². The molecule has 0 atom stereocenters. The van der Waals surface area contributed by atoms with Crippen LogP contribution < -0.4 is 78.0 Å². The number of benzene rings is 3. The third kappa shape index (κ3) is 21.4. The zero-order valence-electron chi connectivity index (χ0n) is 47.7. The molecule has 1 saturated heterocycles. The van der Waals surface area contributed by atoms with Crippen LogP contribution in [0.15, 0.2) is 75.6 Å². The minimum Gasteiger partial charge on any atom is -1.00 e. The number of carbonyl (C=O) groups excluding carboxylic acids is 1. The standard InChI is InChI=1S/C26H39N5O4S.C13H21NO6S2.C12H18INO3S.HI.Na/c1-20-16-24(35-5)17-21(2)26(20)36(33,34)30(4)15-12-28-18-25(32)29(3)19-22-8-13-31(14-9-22)23-6-10-27-11-7-23;1-10-8-12(19-4)9-11(2)13(10)22(17,18)14(3)6-7-20-21(5,15)16;1-9-7-11(17-4)8-10(2)12(9)18(15,16)14(3)6-5-13;;/h6-7,10-11,16-17,22,28H,8-9,12-15,18-19H2,1-5H3;8-9H,6-7H2,1-5H3;7-8H,5-6H2,1-4H3;1H;/q;;;;+1/p-1. The first kappa shape index (κ1) is 73.6. The van der Waals surface area contributed by atoms with Crippen molar-refractivity contribution in [2.45, 2.75) is 69.1 Å². The van der Waals surface area contributed by atoms with Gasteiger partial charge in [0, 0.05) is 96.5 Å². The number of hydrogen-bond donors (Lipinski definition) is 1. The van der Waals surface area contributed by atoms with Crippen LogP contribution in [0.5, 0.6) is 17.2 Å². The summed E-state index contributed by atoms with van der Waals surface area (Å²) in [5, 5.41) is 3.10. The first-order valence-electron chi connectivity index (χ1n) is 24.3. The van der Waals surface area contributed by atoms with Gasteiger partial charge in [-0.05, 0) is 142 Å². The number of alkyl halides is 1. The Morgan fingerprint density at radius 3 is 1.35 bits per heavy atom. The van der Waals surface area contributed by atoms with Gasteiger partial charge in [-0.1, -0.05) is 22.6 Å². The Morgan fingerprint density at radius 2 is 1.00 bits per heavy atom. The van der Waals surface area contributed by atoms with Crippen LogP contribution in [-0.4, -0.2) is 182 Å². The largest absolute Gasteiger partial charge is 1.00 e. The fraction of sp³-hybridized carbons (Fsp3) is 0.529. The average molecular weight is 1400 g/mol. The van der Waals surface area contributed by atoms with Crippen molar-refractivity contribution in [1.82, 2.24) is 28.1 Å². The number of piperidine rings is 1. The molecule has 78 heavy (non-hydrogen) atoms. The van der Waals surface area contributed by atoms with Gasteiger partial charge in [0.2, 0.25) is 36.0 Å². The Bertz CT molecular complexity index is 2960. The number of methoxy groups -OCH3 is 3. The molecule has 0 radical (unpaired) electrons.